The van der Waals surface area contributed by atoms with Crippen LogP contribution < -0.4 is 0 Å². The molecule has 10 nitrogen and oxygen atoms in total. The Balaban J connectivity index is 1.46. The van der Waals surface area contributed by atoms with E-state index >= 15 is 0 Å². The van der Waals surface area contributed by atoms with Crippen molar-refractivity contribution in [2.75, 3.05) is 13.2 Å². The van der Waals surface area contributed by atoms with E-state index in [1.54, 1.807) is 6.92 Å². The summed E-state index contributed by atoms with van der Waals surface area (Å²) in [4.78, 5) is 89.0. The quantitative estimate of drug-likeness (QED) is 0.187. The first-order valence-corrected chi connectivity index (χ1v) is 12.4. The summed E-state index contributed by atoms with van der Waals surface area (Å²) in [5.74, 6) is -3.34. The maximum Gasteiger partial charge on any atom is 0.329 e. The highest BCUT2D eigenvalue weighted by atomic mass is 35.5. The van der Waals surface area contributed by atoms with Crippen molar-refractivity contribution < 1.29 is 38.3 Å². The molecule has 12 heteroatoms. The maximum absolute atomic E-state index is 13.1. The van der Waals surface area contributed by atoms with Crippen LogP contribution in [0.2, 0.25) is 0 Å². The number of benzene rings is 2. The Morgan fingerprint density at radius 1 is 0.763 bits per heavy atom. The second-order valence-electron chi connectivity index (χ2n) is 8.57. The van der Waals surface area contributed by atoms with E-state index in [9.17, 15) is 33.6 Å². The van der Waals surface area contributed by atoms with Gasteiger partial charge in [0.05, 0.1) is 28.9 Å². The van der Waals surface area contributed by atoms with Crippen LogP contribution in [0.4, 0.5) is 0 Å². The van der Waals surface area contributed by atoms with Gasteiger partial charge in [0.1, 0.15) is 6.04 Å². The third-order valence-corrected chi connectivity index (χ3v) is 6.76. The molecule has 2 heterocycles. The second kappa shape index (κ2) is 10.8. The van der Waals surface area contributed by atoms with Crippen LogP contribution >= 0.6 is 23.2 Å². The van der Waals surface area contributed by atoms with Crippen LogP contribution in [0, 0.1) is 0 Å². The first-order valence-electron chi connectivity index (χ1n) is 11.6. The summed E-state index contributed by atoms with van der Waals surface area (Å²) >= 11 is 11.0. The highest BCUT2D eigenvalue weighted by Gasteiger charge is 2.43. The number of nitrogens with zero attached hydrogens (tertiary/aromatic N) is 2. The number of amides is 4. The average Bonchev–Trinajstić information content (AvgIpc) is 3.28. The lowest BCUT2D eigenvalue weighted by Gasteiger charge is -2.24. The van der Waals surface area contributed by atoms with Gasteiger partial charge in [-0.3, -0.25) is 38.6 Å². The molecule has 0 fully saturated rings. The fourth-order valence-corrected chi connectivity index (χ4v) is 4.71. The molecule has 1 atom stereocenters. The molecule has 2 aliphatic heterocycles. The number of esters is 1. The van der Waals surface area contributed by atoms with Crippen molar-refractivity contribution in [2.45, 2.75) is 32.2 Å². The SMILES string of the molecule is CCOC(=O)[C@H](CCCCN1C(=O)c2ccc(C(=O)Cl)cc2C1=O)N1C(=O)c2ccc(C(=O)Cl)cc2C1=O. The number of hydrogen-bond acceptors (Lipinski definition) is 8. The van der Waals surface area contributed by atoms with Crippen LogP contribution in [0.25, 0.3) is 0 Å². The molecule has 2 aliphatic rings. The molecular weight excluding hydrogens is 539 g/mol. The Kier molecular flexibility index (Phi) is 7.75. The third kappa shape index (κ3) is 4.84. The monoisotopic (exact) mass is 558 g/mol. The van der Waals surface area contributed by atoms with Gasteiger partial charge in [-0.05, 0) is 85.8 Å². The Bertz CT molecular complexity index is 1420. The van der Waals surface area contributed by atoms with Crippen molar-refractivity contribution in [3.8, 4) is 0 Å². The van der Waals surface area contributed by atoms with Gasteiger partial charge in [0.25, 0.3) is 34.1 Å². The molecule has 0 N–H and O–H groups in total. The largest absolute Gasteiger partial charge is 0.464 e. The Hall–Kier alpha value is -3.89. The van der Waals surface area contributed by atoms with Gasteiger partial charge in [0.15, 0.2) is 0 Å². The standard InChI is InChI=1S/C26H20Cl2N2O8/c1-2-38-26(37)19(30-24(35)16-9-7-14(21(28)32)12-18(16)25(30)36)5-3-4-10-29-22(33)15-8-6-13(20(27)31)11-17(15)23(29)34/h6-9,11-12,19H,2-5,10H2,1H3/t19-/m0/s1. The first-order chi connectivity index (χ1) is 18.1. The first kappa shape index (κ1) is 27.2. The number of carbonyl (C=O) groups is 7. The predicted molar refractivity (Wildman–Crippen MR) is 133 cm³/mol. The zero-order chi connectivity index (χ0) is 27.7. The lowest BCUT2D eigenvalue weighted by Crippen LogP contribution is -2.45. The topological polar surface area (TPSA) is 135 Å². The molecule has 196 valence electrons. The molecule has 0 aliphatic carbocycles. The summed E-state index contributed by atoms with van der Waals surface area (Å²) in [6, 6.07) is 6.58. The Morgan fingerprint density at radius 2 is 1.26 bits per heavy atom. The van der Waals surface area contributed by atoms with E-state index < -0.39 is 46.1 Å². The lowest BCUT2D eigenvalue weighted by molar-refractivity contribution is -0.148. The Labute approximate surface area is 226 Å². The van der Waals surface area contributed by atoms with Crippen LogP contribution in [0.3, 0.4) is 0 Å². The molecule has 2 aromatic rings. The molecule has 2 aromatic carbocycles. The van der Waals surface area contributed by atoms with Gasteiger partial charge in [-0.1, -0.05) is 0 Å². The molecule has 4 rings (SSSR count). The van der Waals surface area contributed by atoms with Gasteiger partial charge in [-0.2, -0.15) is 0 Å². The van der Waals surface area contributed by atoms with E-state index in [0.29, 0.717) is 0 Å². The number of imide groups is 2. The van der Waals surface area contributed by atoms with E-state index in [0.717, 1.165) is 9.80 Å². The number of hydrogen-bond donors (Lipinski definition) is 0. The van der Waals surface area contributed by atoms with Crippen LogP contribution in [-0.2, 0) is 9.53 Å². The molecule has 0 spiro atoms. The maximum atomic E-state index is 13.1. The summed E-state index contributed by atoms with van der Waals surface area (Å²) in [5.41, 5.74) is 0.343. The molecule has 4 amide bonds. The van der Waals surface area contributed by atoms with Crippen LogP contribution in [0.1, 0.15) is 88.3 Å². The van der Waals surface area contributed by atoms with E-state index in [1.165, 1.54) is 36.4 Å². The third-order valence-electron chi connectivity index (χ3n) is 6.32. The van der Waals surface area contributed by atoms with Gasteiger partial charge in [-0.25, -0.2) is 4.79 Å². The smallest absolute Gasteiger partial charge is 0.329 e. The van der Waals surface area contributed by atoms with Crippen molar-refractivity contribution >= 4 is 63.3 Å². The van der Waals surface area contributed by atoms with Gasteiger partial charge in [0.2, 0.25) is 0 Å². The summed E-state index contributed by atoms with van der Waals surface area (Å²) < 4.78 is 5.09. The van der Waals surface area contributed by atoms with Gasteiger partial charge in [-0.15, -0.1) is 0 Å². The lowest BCUT2D eigenvalue weighted by atomic mass is 10.1. The summed E-state index contributed by atoms with van der Waals surface area (Å²) in [7, 11) is 0. The van der Waals surface area contributed by atoms with Crippen molar-refractivity contribution in [2.24, 2.45) is 0 Å². The van der Waals surface area contributed by atoms with Crippen molar-refractivity contribution in [3.63, 3.8) is 0 Å². The summed E-state index contributed by atoms with van der Waals surface area (Å²) in [5, 5.41) is -1.55. The van der Waals surface area contributed by atoms with Gasteiger partial charge < -0.3 is 4.74 Å². The van der Waals surface area contributed by atoms with E-state index in [4.69, 9.17) is 27.9 Å². The van der Waals surface area contributed by atoms with Crippen LogP contribution in [0.15, 0.2) is 36.4 Å². The number of ether oxygens (including phenoxy) is 1. The molecule has 0 saturated carbocycles. The van der Waals surface area contributed by atoms with Crippen LogP contribution in [-0.4, -0.2) is 69.1 Å². The van der Waals surface area contributed by atoms with Gasteiger partial charge in [0, 0.05) is 17.7 Å². The molecular formula is C26H20Cl2N2O8. The zero-order valence-electron chi connectivity index (χ0n) is 20.0. The number of fused-ring (bicyclic) bond motifs is 2. The number of carbonyl (C=O) groups excluding carboxylic acids is 7. The normalized spacial score (nSPS) is 15.0. The summed E-state index contributed by atoms with van der Waals surface area (Å²) in [6.07, 6.45) is 0.525. The average molecular weight is 559 g/mol. The van der Waals surface area contributed by atoms with Crippen LogP contribution in [0.5, 0.6) is 0 Å². The van der Waals surface area contributed by atoms with E-state index in [-0.39, 0.29) is 65.8 Å². The van der Waals surface area contributed by atoms with E-state index in [1.807, 2.05) is 0 Å². The Morgan fingerprint density at radius 3 is 1.82 bits per heavy atom. The van der Waals surface area contributed by atoms with Crippen molar-refractivity contribution in [1.29, 1.82) is 0 Å². The fraction of sp³-hybridized carbons (Fsp3) is 0.269. The number of halogens is 2. The highest BCUT2D eigenvalue weighted by molar-refractivity contribution is 6.68. The summed E-state index contributed by atoms with van der Waals surface area (Å²) in [6.45, 7) is 1.61. The minimum absolute atomic E-state index is 0.00928. The molecule has 0 saturated heterocycles. The second-order valence-corrected chi connectivity index (χ2v) is 9.26. The van der Waals surface area contributed by atoms with Crippen molar-refractivity contribution in [3.05, 3.63) is 69.8 Å². The molecule has 0 bridgehead atoms. The molecule has 38 heavy (non-hydrogen) atoms. The molecule has 0 unspecified atom stereocenters. The predicted octanol–water partition coefficient (Wildman–Crippen LogP) is 3.44. The number of unbranched alkanes of at least 4 members (excludes halogenated alkanes) is 1. The molecule has 0 radical (unpaired) electrons. The molecule has 0 aromatic heterocycles. The highest BCUT2D eigenvalue weighted by Crippen LogP contribution is 2.29. The van der Waals surface area contributed by atoms with E-state index in [2.05, 4.69) is 0 Å². The van der Waals surface area contributed by atoms with Crippen molar-refractivity contribution in [1.82, 2.24) is 9.80 Å². The number of rotatable bonds is 10. The zero-order valence-corrected chi connectivity index (χ0v) is 21.5. The minimum Gasteiger partial charge on any atom is -0.464 e. The van der Waals surface area contributed by atoms with Gasteiger partial charge >= 0.3 is 5.97 Å². The minimum atomic E-state index is -1.25. The fourth-order valence-electron chi connectivity index (χ4n) is 4.48.